The van der Waals surface area contributed by atoms with Crippen molar-refractivity contribution in [3.8, 4) is 0 Å². The molecule has 1 rings (SSSR count). The first-order chi connectivity index (χ1) is 7.29. The summed E-state index contributed by atoms with van der Waals surface area (Å²) in [6, 6.07) is 2.07. The Morgan fingerprint density at radius 2 is 2.19 bits per heavy atom. The quantitative estimate of drug-likeness (QED) is 0.876. The maximum absolute atomic E-state index is 11.8. The van der Waals surface area contributed by atoms with E-state index in [1.54, 1.807) is 16.2 Å². The zero-order chi connectivity index (χ0) is 12.3. The number of nitrogens with two attached hydrogens (primary N) is 1. The van der Waals surface area contributed by atoms with Crippen LogP contribution in [0, 0.1) is 6.92 Å². The van der Waals surface area contributed by atoms with E-state index in [1.807, 2.05) is 20.9 Å². The Morgan fingerprint density at radius 1 is 1.56 bits per heavy atom. The normalized spacial score (nSPS) is 11.6. The second kappa shape index (κ2) is 4.97. The van der Waals surface area contributed by atoms with E-state index in [4.69, 9.17) is 5.73 Å². The van der Waals surface area contributed by atoms with Gasteiger partial charge in [0.15, 0.2) is 0 Å². The third-order valence-corrected chi connectivity index (χ3v) is 3.39. The lowest BCUT2D eigenvalue weighted by molar-refractivity contribution is -0.131. The number of hydrogen-bond donors (Lipinski definition) is 1. The van der Waals surface area contributed by atoms with Crippen LogP contribution in [0.4, 0.5) is 0 Å². The van der Waals surface area contributed by atoms with Crippen molar-refractivity contribution in [2.24, 2.45) is 5.73 Å². The Kier molecular flexibility index (Phi) is 4.10. The van der Waals surface area contributed by atoms with Gasteiger partial charge in [-0.15, -0.1) is 11.3 Å². The molecule has 0 bridgehead atoms. The summed E-state index contributed by atoms with van der Waals surface area (Å²) in [6.45, 7) is 6.49. The van der Waals surface area contributed by atoms with E-state index in [-0.39, 0.29) is 5.91 Å². The summed E-state index contributed by atoms with van der Waals surface area (Å²) in [5.41, 5.74) is 6.64. The van der Waals surface area contributed by atoms with Gasteiger partial charge in [-0.3, -0.25) is 4.79 Å². The molecule has 0 radical (unpaired) electrons. The van der Waals surface area contributed by atoms with Gasteiger partial charge in [0, 0.05) is 23.9 Å². The molecule has 16 heavy (non-hydrogen) atoms. The number of amides is 1. The van der Waals surface area contributed by atoms with Crippen LogP contribution >= 0.6 is 11.3 Å². The van der Waals surface area contributed by atoms with Crippen molar-refractivity contribution >= 4 is 17.2 Å². The van der Waals surface area contributed by atoms with Gasteiger partial charge in [0.25, 0.3) is 0 Å². The lowest BCUT2D eigenvalue weighted by atomic mass is 10.0. The van der Waals surface area contributed by atoms with Crippen LogP contribution < -0.4 is 5.73 Å². The van der Waals surface area contributed by atoms with Crippen LogP contribution in [0.15, 0.2) is 11.4 Å². The average molecular weight is 240 g/mol. The Labute approximate surface area is 101 Å². The highest BCUT2D eigenvalue weighted by Crippen LogP contribution is 2.18. The second-order valence-electron chi connectivity index (χ2n) is 4.94. The molecule has 1 amide bonds. The summed E-state index contributed by atoms with van der Waals surface area (Å²) in [6.07, 6.45) is 0.383. The zero-order valence-corrected chi connectivity index (χ0v) is 11.2. The number of carbonyl (C=O) groups excluding carboxylic acids is 1. The Balaban J connectivity index is 2.56. The van der Waals surface area contributed by atoms with Crippen LogP contribution in [0.1, 0.15) is 30.7 Å². The fraction of sp³-hybridized carbons (Fsp3) is 0.583. The first-order valence-electron chi connectivity index (χ1n) is 5.35. The van der Waals surface area contributed by atoms with Crippen molar-refractivity contribution < 1.29 is 4.79 Å². The van der Waals surface area contributed by atoms with Crippen molar-refractivity contribution in [3.63, 3.8) is 0 Å². The molecule has 1 aromatic rings. The van der Waals surface area contributed by atoms with Crippen LogP contribution in [-0.4, -0.2) is 23.4 Å². The highest BCUT2D eigenvalue weighted by Gasteiger charge is 2.19. The van der Waals surface area contributed by atoms with Crippen LogP contribution in [0.2, 0.25) is 0 Å². The van der Waals surface area contributed by atoms with Crippen molar-refractivity contribution in [1.82, 2.24) is 4.90 Å². The molecule has 90 valence electrons. The number of aryl methyl sites for hydroxylation is 1. The molecule has 0 unspecified atom stereocenters. The molecule has 0 saturated carbocycles. The standard InChI is InChI=1S/C12H20N2OS/c1-9-5-6-16-10(9)8-14(4)11(15)7-12(2,3)13/h5-6H,7-8,13H2,1-4H3. The van der Waals surface area contributed by atoms with E-state index < -0.39 is 5.54 Å². The summed E-state index contributed by atoms with van der Waals surface area (Å²) >= 11 is 1.69. The molecule has 1 heterocycles. The molecule has 2 N–H and O–H groups in total. The van der Waals surface area contributed by atoms with E-state index in [1.165, 1.54) is 10.4 Å². The van der Waals surface area contributed by atoms with Gasteiger partial charge < -0.3 is 10.6 Å². The first kappa shape index (κ1) is 13.2. The fourth-order valence-electron chi connectivity index (χ4n) is 1.39. The summed E-state index contributed by atoms with van der Waals surface area (Å²) in [4.78, 5) is 14.8. The highest BCUT2D eigenvalue weighted by atomic mass is 32.1. The van der Waals surface area contributed by atoms with Gasteiger partial charge in [0.1, 0.15) is 0 Å². The van der Waals surface area contributed by atoms with Gasteiger partial charge in [0.2, 0.25) is 5.91 Å². The summed E-state index contributed by atoms with van der Waals surface area (Å²) < 4.78 is 0. The van der Waals surface area contributed by atoms with E-state index in [9.17, 15) is 4.79 Å². The summed E-state index contributed by atoms with van der Waals surface area (Å²) in [7, 11) is 1.83. The molecule has 0 atom stereocenters. The molecule has 0 aliphatic rings. The van der Waals surface area contributed by atoms with Crippen LogP contribution in [0.5, 0.6) is 0 Å². The van der Waals surface area contributed by atoms with Gasteiger partial charge in [-0.25, -0.2) is 0 Å². The monoisotopic (exact) mass is 240 g/mol. The maximum Gasteiger partial charge on any atom is 0.224 e. The molecular formula is C12H20N2OS. The molecule has 3 nitrogen and oxygen atoms in total. The van der Waals surface area contributed by atoms with E-state index in [0.29, 0.717) is 13.0 Å². The molecule has 0 saturated heterocycles. The van der Waals surface area contributed by atoms with Gasteiger partial charge in [-0.2, -0.15) is 0 Å². The smallest absolute Gasteiger partial charge is 0.224 e. The molecule has 0 spiro atoms. The van der Waals surface area contributed by atoms with Crippen LogP contribution in [0.3, 0.4) is 0 Å². The molecule has 1 aromatic heterocycles. The summed E-state index contributed by atoms with van der Waals surface area (Å²) in [5, 5.41) is 2.05. The van der Waals surface area contributed by atoms with Gasteiger partial charge in [0.05, 0.1) is 6.54 Å². The largest absolute Gasteiger partial charge is 0.341 e. The van der Waals surface area contributed by atoms with Crippen molar-refractivity contribution in [3.05, 3.63) is 21.9 Å². The third kappa shape index (κ3) is 3.94. The van der Waals surface area contributed by atoms with E-state index >= 15 is 0 Å². The van der Waals surface area contributed by atoms with Crippen molar-refractivity contribution in [2.75, 3.05) is 7.05 Å². The number of carbonyl (C=O) groups is 1. The van der Waals surface area contributed by atoms with Crippen LogP contribution in [0.25, 0.3) is 0 Å². The first-order valence-corrected chi connectivity index (χ1v) is 6.23. The lowest BCUT2D eigenvalue weighted by Crippen LogP contribution is -2.39. The molecular weight excluding hydrogens is 220 g/mol. The molecule has 4 heteroatoms. The van der Waals surface area contributed by atoms with Gasteiger partial charge in [-0.05, 0) is 37.8 Å². The SMILES string of the molecule is Cc1ccsc1CN(C)C(=O)CC(C)(C)N. The van der Waals surface area contributed by atoms with Crippen molar-refractivity contribution in [2.45, 2.75) is 39.3 Å². The number of nitrogens with zero attached hydrogens (tertiary/aromatic N) is 1. The Morgan fingerprint density at radius 3 is 2.62 bits per heavy atom. The average Bonchev–Trinajstić information content (AvgIpc) is 2.49. The molecule has 0 aliphatic carbocycles. The van der Waals surface area contributed by atoms with Gasteiger partial charge in [-0.1, -0.05) is 0 Å². The van der Waals surface area contributed by atoms with E-state index in [0.717, 1.165) is 0 Å². The number of thiophene rings is 1. The number of rotatable bonds is 4. The number of hydrogen-bond acceptors (Lipinski definition) is 3. The van der Waals surface area contributed by atoms with E-state index in [2.05, 4.69) is 18.4 Å². The Hall–Kier alpha value is -0.870. The van der Waals surface area contributed by atoms with Gasteiger partial charge >= 0.3 is 0 Å². The third-order valence-electron chi connectivity index (χ3n) is 2.38. The molecule has 0 aliphatic heterocycles. The lowest BCUT2D eigenvalue weighted by Gasteiger charge is -2.23. The second-order valence-corrected chi connectivity index (χ2v) is 5.94. The minimum absolute atomic E-state index is 0.0975. The minimum atomic E-state index is -0.435. The topological polar surface area (TPSA) is 46.3 Å². The molecule has 0 fully saturated rings. The fourth-order valence-corrected chi connectivity index (χ4v) is 2.35. The molecule has 0 aromatic carbocycles. The summed E-state index contributed by atoms with van der Waals surface area (Å²) in [5.74, 6) is 0.0975. The predicted molar refractivity (Wildman–Crippen MR) is 68.4 cm³/mol. The zero-order valence-electron chi connectivity index (χ0n) is 10.4. The van der Waals surface area contributed by atoms with Crippen LogP contribution in [-0.2, 0) is 11.3 Å². The Bertz CT molecular complexity index is 365. The highest BCUT2D eigenvalue weighted by molar-refractivity contribution is 7.10. The maximum atomic E-state index is 11.8. The minimum Gasteiger partial charge on any atom is -0.341 e. The predicted octanol–water partition coefficient (Wildman–Crippen LogP) is 2.14. The van der Waals surface area contributed by atoms with Crippen molar-refractivity contribution in [1.29, 1.82) is 0 Å².